The van der Waals surface area contributed by atoms with Crippen LogP contribution in [0.25, 0.3) is 0 Å². The summed E-state index contributed by atoms with van der Waals surface area (Å²) in [5.74, 6) is -0.364. The Kier molecular flexibility index (Phi) is 6.20. The molecule has 2 aromatic rings. The summed E-state index contributed by atoms with van der Waals surface area (Å²) in [5, 5.41) is 7.89. The monoisotopic (exact) mass is 425 g/mol. The number of rotatable bonds is 6. The predicted octanol–water partition coefficient (Wildman–Crippen LogP) is 3.60. The number of esters is 1. The van der Waals surface area contributed by atoms with Crippen molar-refractivity contribution in [2.45, 2.75) is 38.8 Å². The van der Waals surface area contributed by atoms with E-state index in [0.29, 0.717) is 30.8 Å². The number of nitrogens with one attached hydrogen (secondary N) is 2. The Hall–Kier alpha value is -2.64. The van der Waals surface area contributed by atoms with Crippen molar-refractivity contribution in [1.29, 1.82) is 0 Å². The Bertz CT molecular complexity index is 954. The molecule has 2 amide bonds. The van der Waals surface area contributed by atoms with Crippen LogP contribution in [-0.2, 0) is 16.0 Å². The van der Waals surface area contributed by atoms with E-state index >= 15 is 0 Å². The number of hydrogen-bond donors (Lipinski definition) is 2. The van der Waals surface area contributed by atoms with Gasteiger partial charge in [0.25, 0.3) is 0 Å². The lowest BCUT2D eigenvalue weighted by Gasteiger charge is -2.38. The molecule has 2 aliphatic heterocycles. The van der Waals surface area contributed by atoms with Crippen molar-refractivity contribution in [3.63, 3.8) is 0 Å². The van der Waals surface area contributed by atoms with E-state index in [1.165, 1.54) is 16.0 Å². The Morgan fingerprint density at radius 2 is 2.03 bits per heavy atom. The molecule has 2 aliphatic rings. The predicted molar refractivity (Wildman–Crippen MR) is 117 cm³/mol. The van der Waals surface area contributed by atoms with E-state index in [1.807, 2.05) is 13.0 Å². The molecule has 30 heavy (non-hydrogen) atoms. The van der Waals surface area contributed by atoms with Gasteiger partial charge in [-0.05, 0) is 42.3 Å². The zero-order chi connectivity index (χ0) is 21.1. The van der Waals surface area contributed by atoms with Crippen LogP contribution in [0, 0.1) is 0 Å². The quantitative estimate of drug-likeness (QED) is 0.694. The lowest BCUT2D eigenvalue weighted by atomic mass is 9.92. The summed E-state index contributed by atoms with van der Waals surface area (Å²) >= 11 is 1.80. The molecular weight excluding hydrogens is 398 g/mol. The van der Waals surface area contributed by atoms with Crippen molar-refractivity contribution in [3.8, 4) is 0 Å². The van der Waals surface area contributed by atoms with Gasteiger partial charge in [0.1, 0.15) is 0 Å². The fraction of sp³-hybridized carbons (Fsp3) is 0.391. The second-order valence-corrected chi connectivity index (χ2v) is 8.51. The highest BCUT2D eigenvalue weighted by atomic mass is 32.1. The summed E-state index contributed by atoms with van der Waals surface area (Å²) in [7, 11) is 0. The Labute approximate surface area is 180 Å². The van der Waals surface area contributed by atoms with Crippen molar-refractivity contribution in [2.75, 3.05) is 19.7 Å². The first kappa shape index (κ1) is 20.6. The molecule has 0 fully saturated rings. The molecule has 4 rings (SSSR count). The summed E-state index contributed by atoms with van der Waals surface area (Å²) in [5.41, 5.74) is 3.69. The van der Waals surface area contributed by atoms with Crippen molar-refractivity contribution in [1.82, 2.24) is 15.5 Å². The van der Waals surface area contributed by atoms with Gasteiger partial charge in [0.05, 0.1) is 24.3 Å². The van der Waals surface area contributed by atoms with E-state index in [1.54, 1.807) is 18.3 Å². The molecule has 0 saturated carbocycles. The van der Waals surface area contributed by atoms with E-state index in [-0.39, 0.29) is 24.1 Å². The van der Waals surface area contributed by atoms with Crippen LogP contribution < -0.4 is 10.6 Å². The third-order valence-corrected chi connectivity index (χ3v) is 6.69. The topological polar surface area (TPSA) is 70.7 Å². The second kappa shape index (κ2) is 9.02. The summed E-state index contributed by atoms with van der Waals surface area (Å²) in [4.78, 5) is 28.8. The lowest BCUT2D eigenvalue weighted by Crippen LogP contribution is -2.52. The van der Waals surface area contributed by atoms with Crippen molar-refractivity contribution >= 4 is 23.3 Å². The molecule has 0 bridgehead atoms. The number of fused-ring (bicyclic) bond motifs is 1. The average Bonchev–Trinajstić information content (AvgIpc) is 3.22. The maximum absolute atomic E-state index is 12.7. The number of nitrogens with zero attached hydrogens (tertiary/aromatic N) is 1. The average molecular weight is 426 g/mol. The number of benzene rings is 1. The second-order valence-electron chi connectivity index (χ2n) is 7.50. The molecule has 0 spiro atoms. The molecular formula is C23H27N3O3S. The Morgan fingerprint density at radius 3 is 2.77 bits per heavy atom. The van der Waals surface area contributed by atoms with Crippen LogP contribution in [0.5, 0.6) is 0 Å². The molecule has 2 atom stereocenters. The highest BCUT2D eigenvalue weighted by Gasteiger charge is 2.35. The third-order valence-electron chi connectivity index (χ3n) is 5.69. The van der Waals surface area contributed by atoms with Gasteiger partial charge in [-0.3, -0.25) is 4.90 Å². The minimum absolute atomic E-state index is 0.0870. The van der Waals surface area contributed by atoms with E-state index in [0.717, 1.165) is 13.0 Å². The first-order valence-electron chi connectivity index (χ1n) is 10.4. The molecule has 0 radical (unpaired) electrons. The standard InChI is InChI=1S/C23H27N3O3S/c1-3-17-20(22(27)29-4-2)18(25-23(28)24-17)14-26-12-10-19-16(11-13-30-19)21(26)15-8-6-5-7-9-15/h5-9,11,13,17,21H,3-4,10,12,14H2,1-2H3,(H2,24,25,28)/t17-,21+/m0/s1. The van der Waals surface area contributed by atoms with E-state index in [4.69, 9.17) is 4.74 Å². The van der Waals surface area contributed by atoms with E-state index in [9.17, 15) is 9.59 Å². The van der Waals surface area contributed by atoms with Crippen LogP contribution >= 0.6 is 11.3 Å². The molecule has 1 aromatic heterocycles. The first-order chi connectivity index (χ1) is 14.6. The van der Waals surface area contributed by atoms with Crippen molar-refractivity contribution < 1.29 is 14.3 Å². The van der Waals surface area contributed by atoms with Crippen LogP contribution in [-0.4, -0.2) is 42.6 Å². The zero-order valence-corrected chi connectivity index (χ0v) is 18.1. The van der Waals surface area contributed by atoms with Crippen molar-refractivity contribution in [3.05, 3.63) is 69.1 Å². The molecule has 0 saturated heterocycles. The molecule has 0 aliphatic carbocycles. The highest BCUT2D eigenvalue weighted by Crippen LogP contribution is 2.38. The van der Waals surface area contributed by atoms with Gasteiger partial charge in [0.15, 0.2) is 0 Å². The van der Waals surface area contributed by atoms with Gasteiger partial charge in [0, 0.05) is 23.7 Å². The molecule has 0 unspecified atom stereocenters. The maximum atomic E-state index is 12.7. The zero-order valence-electron chi connectivity index (χ0n) is 17.3. The maximum Gasteiger partial charge on any atom is 0.337 e. The SMILES string of the molecule is CCOC(=O)C1=C(CN2CCc3sccc3[C@H]2c2ccccc2)NC(=O)N[C@H]1CC. The first-order valence-corrected chi connectivity index (χ1v) is 11.3. The normalized spacial score (nSPS) is 21.6. The number of carbonyl (C=O) groups is 2. The smallest absolute Gasteiger partial charge is 0.337 e. The van der Waals surface area contributed by atoms with Gasteiger partial charge in [-0.25, -0.2) is 9.59 Å². The summed E-state index contributed by atoms with van der Waals surface area (Å²) < 4.78 is 5.32. The van der Waals surface area contributed by atoms with Crippen LogP contribution in [0.1, 0.15) is 42.3 Å². The molecule has 1 aromatic carbocycles. The van der Waals surface area contributed by atoms with Crippen LogP contribution in [0.15, 0.2) is 53.0 Å². The third kappa shape index (κ3) is 4.00. The van der Waals surface area contributed by atoms with Gasteiger partial charge in [0.2, 0.25) is 0 Å². The minimum Gasteiger partial charge on any atom is -0.463 e. The van der Waals surface area contributed by atoms with Gasteiger partial charge >= 0.3 is 12.0 Å². The van der Waals surface area contributed by atoms with Gasteiger partial charge in [-0.15, -0.1) is 11.3 Å². The van der Waals surface area contributed by atoms with Crippen molar-refractivity contribution in [2.24, 2.45) is 0 Å². The summed E-state index contributed by atoms with van der Waals surface area (Å²) in [6.45, 7) is 5.38. The number of urea groups is 1. The molecule has 7 heteroatoms. The molecule has 2 N–H and O–H groups in total. The summed E-state index contributed by atoms with van der Waals surface area (Å²) in [6, 6.07) is 12.1. The van der Waals surface area contributed by atoms with E-state index < -0.39 is 0 Å². The largest absolute Gasteiger partial charge is 0.463 e. The Balaban J connectivity index is 1.72. The number of thiophene rings is 1. The summed E-state index contributed by atoms with van der Waals surface area (Å²) in [6.07, 6.45) is 1.59. The minimum atomic E-state index is -0.364. The lowest BCUT2D eigenvalue weighted by molar-refractivity contribution is -0.139. The van der Waals surface area contributed by atoms with Gasteiger partial charge < -0.3 is 15.4 Å². The number of amides is 2. The van der Waals surface area contributed by atoms with Crippen LogP contribution in [0.3, 0.4) is 0 Å². The fourth-order valence-electron chi connectivity index (χ4n) is 4.35. The number of ether oxygens (including phenoxy) is 1. The Morgan fingerprint density at radius 1 is 1.23 bits per heavy atom. The molecule has 158 valence electrons. The fourth-order valence-corrected chi connectivity index (χ4v) is 5.26. The molecule has 6 nitrogen and oxygen atoms in total. The molecule has 3 heterocycles. The van der Waals surface area contributed by atoms with Crippen LogP contribution in [0.4, 0.5) is 4.79 Å². The number of carbonyl (C=O) groups excluding carboxylic acids is 2. The van der Waals surface area contributed by atoms with E-state index in [2.05, 4.69) is 51.2 Å². The highest BCUT2D eigenvalue weighted by molar-refractivity contribution is 7.10. The van der Waals surface area contributed by atoms with Gasteiger partial charge in [-0.2, -0.15) is 0 Å². The number of hydrogen-bond acceptors (Lipinski definition) is 5. The van der Waals surface area contributed by atoms with Gasteiger partial charge in [-0.1, -0.05) is 37.3 Å². The van der Waals surface area contributed by atoms with Crippen LogP contribution in [0.2, 0.25) is 0 Å².